The minimum absolute atomic E-state index is 0.338. The summed E-state index contributed by atoms with van der Waals surface area (Å²) in [5.41, 5.74) is 0.933. The lowest BCUT2D eigenvalue weighted by Crippen LogP contribution is -2.21. The molecule has 0 bridgehead atoms. The lowest BCUT2D eigenvalue weighted by Gasteiger charge is -2.16. The van der Waals surface area contributed by atoms with Crippen molar-refractivity contribution < 1.29 is 19.1 Å². The molecule has 1 aromatic carbocycles. The van der Waals surface area contributed by atoms with E-state index in [2.05, 4.69) is 37.7 Å². The monoisotopic (exact) mass is 645 g/mol. The average Bonchev–Trinajstić information content (AvgIpc) is 3.06. The van der Waals surface area contributed by atoms with Gasteiger partial charge in [-0.15, -0.1) is 0 Å². The van der Waals surface area contributed by atoms with E-state index < -0.39 is 0 Å². The Morgan fingerprint density at radius 1 is 0.435 bits per heavy atom. The Hall–Kier alpha value is -1.92. The highest BCUT2D eigenvalue weighted by Gasteiger charge is 2.11. The third kappa shape index (κ3) is 24.3. The summed E-state index contributed by atoms with van der Waals surface area (Å²) in [6, 6.07) is 6.61. The molecule has 6 heteroatoms. The second-order valence-electron chi connectivity index (χ2n) is 13.5. The minimum atomic E-state index is -0.338. The molecule has 0 amide bonds. The molecule has 0 saturated carbocycles. The Balaban J connectivity index is 2.04. The molecule has 0 radical (unpaired) electrons. The van der Waals surface area contributed by atoms with Crippen LogP contribution in [-0.2, 0) is 9.47 Å². The third-order valence-corrected chi connectivity index (χ3v) is 8.98. The van der Waals surface area contributed by atoms with Gasteiger partial charge in [0, 0.05) is 0 Å². The van der Waals surface area contributed by atoms with E-state index >= 15 is 0 Å². The van der Waals surface area contributed by atoms with Crippen molar-refractivity contribution in [3.63, 3.8) is 0 Å². The second kappa shape index (κ2) is 30.4. The van der Waals surface area contributed by atoms with Crippen molar-refractivity contribution in [2.75, 3.05) is 53.5 Å². The van der Waals surface area contributed by atoms with Gasteiger partial charge in [0.15, 0.2) is 0 Å². The predicted molar refractivity (Wildman–Crippen MR) is 195 cm³/mol. The second-order valence-corrected chi connectivity index (χ2v) is 13.5. The molecule has 0 N–H and O–H groups in total. The molecular weight excluding hydrogens is 572 g/mol. The van der Waals surface area contributed by atoms with Crippen LogP contribution in [0, 0.1) is 0 Å². The van der Waals surface area contributed by atoms with Crippen LogP contribution in [0.1, 0.15) is 176 Å². The van der Waals surface area contributed by atoms with Crippen LogP contribution in [0.3, 0.4) is 0 Å². The number of benzene rings is 1. The Kier molecular flexibility index (Phi) is 27.8. The first-order chi connectivity index (χ1) is 22.5. The van der Waals surface area contributed by atoms with Crippen LogP contribution < -0.4 is 0 Å². The Bertz CT molecular complexity index is 775. The lowest BCUT2D eigenvalue weighted by molar-refractivity contribution is 0.0481. The van der Waals surface area contributed by atoms with Gasteiger partial charge in [-0.1, -0.05) is 117 Å². The summed E-state index contributed by atoms with van der Waals surface area (Å²) in [4.78, 5) is 29.6. The standard InChI is InChI=1S/C40H72N2O4/c1-5-7-9-11-13-15-17-19-21-31-41(3)33-23-25-35-45-39(43)37-27-29-38(30-28-37)40(44)46-36-26-24-34-42(4)32-22-20-18-16-14-12-10-8-6-2/h27-30H,5-26,31-36H2,1-4H3. The number of rotatable bonds is 32. The van der Waals surface area contributed by atoms with Gasteiger partial charge in [0.2, 0.25) is 0 Å². The normalized spacial score (nSPS) is 11.4. The molecule has 0 aliphatic rings. The Morgan fingerprint density at radius 3 is 1.00 bits per heavy atom. The summed E-state index contributed by atoms with van der Waals surface area (Å²) < 4.78 is 10.9. The molecule has 0 heterocycles. The maximum absolute atomic E-state index is 12.4. The fraction of sp³-hybridized carbons (Fsp3) is 0.800. The molecular formula is C40H72N2O4. The van der Waals surface area contributed by atoms with Crippen LogP contribution in [0.25, 0.3) is 0 Å². The van der Waals surface area contributed by atoms with Gasteiger partial charge in [-0.2, -0.15) is 0 Å². The number of unbranched alkanes of at least 4 members (excludes halogenated alkanes) is 18. The molecule has 0 saturated heterocycles. The van der Waals surface area contributed by atoms with Gasteiger partial charge in [0.1, 0.15) is 0 Å². The third-order valence-electron chi connectivity index (χ3n) is 8.98. The molecule has 0 unspecified atom stereocenters. The van der Waals surface area contributed by atoms with Gasteiger partial charge in [0.05, 0.1) is 24.3 Å². The molecule has 0 aliphatic heterocycles. The largest absolute Gasteiger partial charge is 0.462 e. The smallest absolute Gasteiger partial charge is 0.338 e. The molecule has 0 atom stereocenters. The number of nitrogens with zero attached hydrogens (tertiary/aromatic N) is 2. The number of carbonyl (C=O) groups is 2. The molecule has 0 spiro atoms. The minimum Gasteiger partial charge on any atom is -0.462 e. The van der Waals surface area contributed by atoms with E-state index in [9.17, 15) is 9.59 Å². The zero-order chi connectivity index (χ0) is 33.5. The first-order valence-electron chi connectivity index (χ1n) is 19.3. The van der Waals surface area contributed by atoms with E-state index in [-0.39, 0.29) is 11.9 Å². The number of ether oxygens (including phenoxy) is 2. The Morgan fingerprint density at radius 2 is 0.696 bits per heavy atom. The molecule has 46 heavy (non-hydrogen) atoms. The summed E-state index contributed by atoms with van der Waals surface area (Å²) in [6.07, 6.45) is 28.2. The molecule has 266 valence electrons. The summed E-state index contributed by atoms with van der Waals surface area (Å²) >= 11 is 0. The van der Waals surface area contributed by atoms with E-state index in [0.717, 1.165) is 51.9 Å². The van der Waals surface area contributed by atoms with Crippen molar-refractivity contribution in [1.29, 1.82) is 0 Å². The maximum atomic E-state index is 12.4. The van der Waals surface area contributed by atoms with Crippen molar-refractivity contribution in [2.24, 2.45) is 0 Å². The van der Waals surface area contributed by atoms with Crippen LogP contribution in [0.2, 0.25) is 0 Å². The van der Waals surface area contributed by atoms with Crippen molar-refractivity contribution in [2.45, 2.75) is 155 Å². The van der Waals surface area contributed by atoms with E-state index in [1.165, 1.54) is 116 Å². The SMILES string of the molecule is CCCCCCCCCCCN(C)CCCCOC(=O)c1ccc(C(=O)OCCCCN(C)CCCCCCCCCCC)cc1. The summed E-state index contributed by atoms with van der Waals surface area (Å²) in [5, 5.41) is 0. The summed E-state index contributed by atoms with van der Waals surface area (Å²) in [5.74, 6) is -0.677. The lowest BCUT2D eigenvalue weighted by atomic mass is 10.1. The number of hydrogen-bond donors (Lipinski definition) is 0. The molecule has 0 aliphatic carbocycles. The number of carbonyl (C=O) groups excluding carboxylic acids is 2. The zero-order valence-electron chi connectivity index (χ0n) is 30.6. The van der Waals surface area contributed by atoms with Crippen molar-refractivity contribution >= 4 is 11.9 Å². The van der Waals surface area contributed by atoms with E-state index in [4.69, 9.17) is 9.47 Å². The Labute approximate surface area is 284 Å². The van der Waals surface area contributed by atoms with Crippen LogP contribution >= 0.6 is 0 Å². The van der Waals surface area contributed by atoms with Crippen LogP contribution in [0.15, 0.2) is 24.3 Å². The maximum Gasteiger partial charge on any atom is 0.338 e. The van der Waals surface area contributed by atoms with Crippen molar-refractivity contribution in [3.05, 3.63) is 35.4 Å². The zero-order valence-corrected chi connectivity index (χ0v) is 30.6. The first-order valence-corrected chi connectivity index (χ1v) is 19.3. The van der Waals surface area contributed by atoms with Gasteiger partial charge >= 0.3 is 11.9 Å². The van der Waals surface area contributed by atoms with Gasteiger partial charge in [-0.05, 0) is 103 Å². The van der Waals surface area contributed by atoms with Crippen molar-refractivity contribution in [1.82, 2.24) is 9.80 Å². The molecule has 6 nitrogen and oxygen atoms in total. The van der Waals surface area contributed by atoms with E-state index in [1.54, 1.807) is 24.3 Å². The predicted octanol–water partition coefficient (Wildman–Crippen LogP) is 10.5. The van der Waals surface area contributed by atoms with Crippen molar-refractivity contribution in [3.8, 4) is 0 Å². The van der Waals surface area contributed by atoms with Gasteiger partial charge in [-0.3, -0.25) is 0 Å². The van der Waals surface area contributed by atoms with Gasteiger partial charge in [-0.25, -0.2) is 9.59 Å². The highest BCUT2D eigenvalue weighted by atomic mass is 16.5. The summed E-state index contributed by atoms with van der Waals surface area (Å²) in [7, 11) is 4.36. The highest BCUT2D eigenvalue weighted by Crippen LogP contribution is 2.12. The molecule has 0 aromatic heterocycles. The number of esters is 2. The van der Waals surface area contributed by atoms with E-state index in [1.807, 2.05) is 0 Å². The van der Waals surface area contributed by atoms with Gasteiger partial charge < -0.3 is 19.3 Å². The summed E-state index contributed by atoms with van der Waals surface area (Å²) in [6.45, 7) is 9.72. The average molecular weight is 645 g/mol. The molecule has 1 rings (SSSR count). The van der Waals surface area contributed by atoms with Gasteiger partial charge in [0.25, 0.3) is 0 Å². The number of hydrogen-bond acceptors (Lipinski definition) is 6. The topological polar surface area (TPSA) is 59.1 Å². The quantitative estimate of drug-likeness (QED) is 0.0574. The fourth-order valence-electron chi connectivity index (χ4n) is 5.81. The first kappa shape index (κ1) is 42.1. The van der Waals surface area contributed by atoms with Crippen LogP contribution in [-0.4, -0.2) is 75.2 Å². The van der Waals surface area contributed by atoms with Crippen LogP contribution in [0.5, 0.6) is 0 Å². The van der Waals surface area contributed by atoms with E-state index in [0.29, 0.717) is 24.3 Å². The van der Waals surface area contributed by atoms with Crippen LogP contribution in [0.4, 0.5) is 0 Å². The molecule has 0 fully saturated rings. The molecule has 1 aromatic rings. The fourth-order valence-corrected chi connectivity index (χ4v) is 5.81. The highest BCUT2D eigenvalue weighted by molar-refractivity contribution is 5.93.